The third-order valence-electron chi connectivity index (χ3n) is 4.96. The first-order valence-electron chi connectivity index (χ1n) is 11.2. The van der Waals surface area contributed by atoms with Crippen molar-refractivity contribution in [2.45, 2.75) is 33.2 Å². The quantitative estimate of drug-likeness (QED) is 0.394. The number of amides is 1. The van der Waals surface area contributed by atoms with Gasteiger partial charge in [0, 0.05) is 6.54 Å². The summed E-state index contributed by atoms with van der Waals surface area (Å²) in [6.45, 7) is 5.80. The largest absolute Gasteiger partial charge is 0.493 e. The third kappa shape index (κ3) is 9.07. The van der Waals surface area contributed by atoms with Crippen molar-refractivity contribution < 1.29 is 27.4 Å². The number of hydrogen-bond donors (Lipinski definition) is 2. The summed E-state index contributed by atoms with van der Waals surface area (Å²) in [6.07, 6.45) is 3.89. The number of carbonyl (C=O) groups is 1. The maximum Gasteiger partial charge on any atom is 0.238 e. The fourth-order valence-electron chi connectivity index (χ4n) is 3.00. The van der Waals surface area contributed by atoms with Gasteiger partial charge in [-0.15, -0.1) is 0 Å². The minimum absolute atomic E-state index is 0.0758. The van der Waals surface area contributed by atoms with Gasteiger partial charge in [0.1, 0.15) is 18.4 Å². The molecule has 0 bridgehead atoms. The van der Waals surface area contributed by atoms with Crippen LogP contribution < -0.4 is 24.2 Å². The summed E-state index contributed by atoms with van der Waals surface area (Å²) in [5, 5.41) is 2.81. The third-order valence-corrected chi connectivity index (χ3v) is 6.33. The predicted molar refractivity (Wildman–Crippen MR) is 133 cm³/mol. The fraction of sp³-hybridized carbons (Fsp3) is 0.400. The van der Waals surface area contributed by atoms with Crippen molar-refractivity contribution in [2.24, 2.45) is 5.92 Å². The van der Waals surface area contributed by atoms with Gasteiger partial charge in [-0.25, -0.2) is 13.1 Å². The van der Waals surface area contributed by atoms with E-state index in [0.29, 0.717) is 31.1 Å². The molecule has 0 heterocycles. The van der Waals surface area contributed by atoms with E-state index in [1.807, 2.05) is 48.5 Å². The number of hydrogen-bond acceptors (Lipinski definition) is 6. The molecule has 0 aromatic heterocycles. The van der Waals surface area contributed by atoms with Gasteiger partial charge in [0.15, 0.2) is 11.5 Å². The van der Waals surface area contributed by atoms with Gasteiger partial charge in [-0.3, -0.25) is 4.79 Å². The number of methoxy groups -OCH3 is 1. The van der Waals surface area contributed by atoms with Crippen LogP contribution >= 0.6 is 0 Å². The Hall–Kier alpha value is -3.04. The van der Waals surface area contributed by atoms with E-state index in [0.717, 1.165) is 11.3 Å². The van der Waals surface area contributed by atoms with Crippen molar-refractivity contribution in [3.05, 3.63) is 66.4 Å². The number of carbonyl (C=O) groups excluding carboxylic acids is 1. The topological polar surface area (TPSA) is 103 Å². The number of benzene rings is 2. The monoisotopic (exact) mass is 490 g/mol. The highest BCUT2D eigenvalue weighted by atomic mass is 32.2. The normalized spacial score (nSPS) is 12.5. The average molecular weight is 491 g/mol. The summed E-state index contributed by atoms with van der Waals surface area (Å²) >= 11 is 0. The van der Waals surface area contributed by atoms with Crippen molar-refractivity contribution in [3.8, 4) is 17.2 Å². The highest BCUT2D eigenvalue weighted by molar-refractivity contribution is 7.89. The van der Waals surface area contributed by atoms with Gasteiger partial charge in [0.05, 0.1) is 19.1 Å². The average Bonchev–Trinajstić information content (AvgIpc) is 2.83. The Morgan fingerprint density at radius 1 is 1.09 bits per heavy atom. The SMILES string of the molecule is CCS(=O)(=O)N[C@H](C(=O)NCCc1ccc(OC/C=C\Oc2ccccc2)c(OC)c1)C(C)C. The van der Waals surface area contributed by atoms with Crippen LogP contribution in [0.1, 0.15) is 26.3 Å². The number of sulfonamides is 1. The Bertz CT molecular complexity index is 1040. The molecule has 0 saturated heterocycles. The maximum absolute atomic E-state index is 12.5. The molecule has 1 amide bonds. The minimum atomic E-state index is -3.48. The van der Waals surface area contributed by atoms with Crippen LogP contribution in [-0.4, -0.2) is 46.4 Å². The first-order chi connectivity index (χ1) is 16.3. The summed E-state index contributed by atoms with van der Waals surface area (Å²) in [4.78, 5) is 12.5. The van der Waals surface area contributed by atoms with Crippen molar-refractivity contribution in [2.75, 3.05) is 26.0 Å². The van der Waals surface area contributed by atoms with Gasteiger partial charge >= 0.3 is 0 Å². The van der Waals surface area contributed by atoms with Crippen LogP contribution in [0, 0.1) is 5.92 Å². The van der Waals surface area contributed by atoms with Gasteiger partial charge in [0.2, 0.25) is 15.9 Å². The Morgan fingerprint density at radius 2 is 1.82 bits per heavy atom. The lowest BCUT2D eigenvalue weighted by Crippen LogP contribution is -2.50. The molecular formula is C25H34N2O6S. The predicted octanol–water partition coefficient (Wildman–Crippen LogP) is 3.29. The van der Waals surface area contributed by atoms with Crippen LogP contribution in [0.5, 0.6) is 17.2 Å². The van der Waals surface area contributed by atoms with Crippen LogP contribution in [-0.2, 0) is 21.2 Å². The lowest BCUT2D eigenvalue weighted by molar-refractivity contribution is -0.123. The first kappa shape index (κ1) is 27.2. The molecule has 2 aromatic carbocycles. The van der Waals surface area contributed by atoms with Gasteiger partial charge in [-0.1, -0.05) is 38.1 Å². The van der Waals surface area contributed by atoms with Crippen LogP contribution in [0.15, 0.2) is 60.9 Å². The molecule has 2 N–H and O–H groups in total. The Labute approximate surface area is 202 Å². The molecule has 34 heavy (non-hydrogen) atoms. The number of para-hydroxylation sites is 1. The summed E-state index contributed by atoms with van der Waals surface area (Å²) in [5.41, 5.74) is 0.947. The Kier molecular flexibility index (Phi) is 10.9. The summed E-state index contributed by atoms with van der Waals surface area (Å²) in [6, 6.07) is 14.2. The van der Waals surface area contributed by atoms with Crippen LogP contribution in [0.3, 0.4) is 0 Å². The van der Waals surface area contributed by atoms with E-state index in [1.165, 1.54) is 6.92 Å². The molecule has 9 heteroatoms. The van der Waals surface area contributed by atoms with Gasteiger partial charge in [-0.05, 0) is 55.2 Å². The molecule has 0 unspecified atom stereocenters. The molecule has 0 aliphatic carbocycles. The standard InChI is InChI=1S/C25H34N2O6S/c1-5-34(29,30)27-24(19(2)3)25(28)26-15-14-20-12-13-22(23(18-20)31-4)33-17-9-16-32-21-10-7-6-8-11-21/h6-13,16,18-19,24,27H,5,14-15,17H2,1-4H3,(H,26,28)/b16-9-/t24-/m0/s1. The smallest absolute Gasteiger partial charge is 0.238 e. The molecule has 186 valence electrons. The second kappa shape index (κ2) is 13.6. The summed E-state index contributed by atoms with van der Waals surface area (Å²) in [5.74, 6) is 1.32. The van der Waals surface area contributed by atoms with E-state index in [9.17, 15) is 13.2 Å². The number of ether oxygens (including phenoxy) is 3. The van der Waals surface area contributed by atoms with Crippen molar-refractivity contribution in [1.82, 2.24) is 10.0 Å². The minimum Gasteiger partial charge on any atom is -0.493 e. The van der Waals surface area contributed by atoms with E-state index in [4.69, 9.17) is 14.2 Å². The van der Waals surface area contributed by atoms with Gasteiger partial charge in [-0.2, -0.15) is 0 Å². The molecule has 0 spiro atoms. The lowest BCUT2D eigenvalue weighted by Gasteiger charge is -2.21. The highest BCUT2D eigenvalue weighted by Gasteiger charge is 2.26. The van der Waals surface area contributed by atoms with E-state index < -0.39 is 16.1 Å². The van der Waals surface area contributed by atoms with Gasteiger partial charge in [0.25, 0.3) is 0 Å². The summed E-state index contributed by atoms with van der Waals surface area (Å²) in [7, 11) is -1.91. The summed E-state index contributed by atoms with van der Waals surface area (Å²) < 4.78 is 42.9. The first-order valence-corrected chi connectivity index (χ1v) is 12.8. The molecular weight excluding hydrogens is 456 g/mol. The van der Waals surface area contributed by atoms with E-state index in [-0.39, 0.29) is 17.6 Å². The van der Waals surface area contributed by atoms with Crippen molar-refractivity contribution in [1.29, 1.82) is 0 Å². The zero-order valence-electron chi connectivity index (χ0n) is 20.1. The van der Waals surface area contributed by atoms with Crippen molar-refractivity contribution in [3.63, 3.8) is 0 Å². The second-order valence-electron chi connectivity index (χ2n) is 7.88. The molecule has 0 saturated carbocycles. The number of nitrogens with one attached hydrogen (secondary N) is 2. The van der Waals surface area contributed by atoms with Crippen molar-refractivity contribution >= 4 is 15.9 Å². The second-order valence-corrected chi connectivity index (χ2v) is 9.93. The van der Waals surface area contributed by atoms with E-state index in [2.05, 4.69) is 10.0 Å². The molecule has 0 radical (unpaired) electrons. The molecule has 8 nitrogen and oxygen atoms in total. The van der Waals surface area contributed by atoms with E-state index >= 15 is 0 Å². The molecule has 2 rings (SSSR count). The Balaban J connectivity index is 1.85. The lowest BCUT2D eigenvalue weighted by atomic mass is 10.0. The molecule has 0 aliphatic heterocycles. The molecule has 0 aliphatic rings. The fourth-order valence-corrected chi connectivity index (χ4v) is 3.93. The molecule has 1 atom stereocenters. The van der Waals surface area contributed by atoms with Crippen LogP contribution in [0.2, 0.25) is 0 Å². The van der Waals surface area contributed by atoms with Gasteiger partial charge < -0.3 is 19.5 Å². The molecule has 2 aromatic rings. The highest BCUT2D eigenvalue weighted by Crippen LogP contribution is 2.28. The van der Waals surface area contributed by atoms with E-state index in [1.54, 1.807) is 33.3 Å². The zero-order chi connectivity index (χ0) is 25.0. The number of rotatable bonds is 14. The van der Waals surface area contributed by atoms with Crippen LogP contribution in [0.4, 0.5) is 0 Å². The molecule has 0 fully saturated rings. The Morgan fingerprint density at radius 3 is 2.47 bits per heavy atom. The van der Waals surface area contributed by atoms with Crippen LogP contribution in [0.25, 0.3) is 0 Å². The maximum atomic E-state index is 12.5. The zero-order valence-corrected chi connectivity index (χ0v) is 20.9.